The summed E-state index contributed by atoms with van der Waals surface area (Å²) in [6.45, 7) is 2.36. The zero-order valence-electron chi connectivity index (χ0n) is 15.8. The Morgan fingerprint density at radius 2 is 1.56 bits per heavy atom. The van der Waals surface area contributed by atoms with E-state index in [2.05, 4.69) is 0 Å². The number of ketones is 1. The number of hydrogen-bond donors (Lipinski definition) is 0. The Balaban J connectivity index is 1.87. The van der Waals surface area contributed by atoms with Crippen molar-refractivity contribution in [3.05, 3.63) is 68.5 Å². The second-order valence-electron chi connectivity index (χ2n) is 7.06. The zero-order valence-corrected chi connectivity index (χ0v) is 15.8. The Bertz CT molecular complexity index is 996. The van der Waals surface area contributed by atoms with Gasteiger partial charge in [-0.1, -0.05) is 30.3 Å². The van der Waals surface area contributed by atoms with Crippen molar-refractivity contribution in [2.45, 2.75) is 25.2 Å². The Morgan fingerprint density at radius 1 is 0.963 bits per heavy atom. The lowest BCUT2D eigenvalue weighted by molar-refractivity contribution is -0.124. The van der Waals surface area contributed by atoms with Crippen molar-refractivity contribution >= 4 is 11.7 Å². The number of benzene rings is 1. The summed E-state index contributed by atoms with van der Waals surface area (Å²) in [5.41, 5.74) is -0.619. The van der Waals surface area contributed by atoms with Crippen molar-refractivity contribution < 1.29 is 9.59 Å². The molecule has 0 aliphatic carbocycles. The fourth-order valence-electron chi connectivity index (χ4n) is 3.79. The molecule has 27 heavy (non-hydrogen) atoms. The molecule has 0 unspecified atom stereocenters. The summed E-state index contributed by atoms with van der Waals surface area (Å²) in [7, 11) is 2.85. The highest BCUT2D eigenvalue weighted by molar-refractivity contribution is 5.93. The second kappa shape index (κ2) is 6.98. The molecule has 0 N–H and O–H groups in total. The van der Waals surface area contributed by atoms with Gasteiger partial charge >= 0.3 is 5.69 Å². The van der Waals surface area contributed by atoms with Crippen LogP contribution < -0.4 is 11.2 Å². The Morgan fingerprint density at radius 3 is 2.11 bits per heavy atom. The number of carbonyl (C=O) groups is 2. The smallest absolute Gasteiger partial charge is 0.331 e. The number of amides is 1. The molecule has 7 heteroatoms. The van der Waals surface area contributed by atoms with Gasteiger partial charge in [0.25, 0.3) is 11.5 Å². The largest absolute Gasteiger partial charge is 0.337 e. The number of nitrogens with zero attached hydrogens (tertiary/aromatic N) is 3. The molecule has 1 amide bonds. The van der Waals surface area contributed by atoms with Crippen LogP contribution in [-0.2, 0) is 24.3 Å². The van der Waals surface area contributed by atoms with E-state index in [1.165, 1.54) is 24.7 Å². The van der Waals surface area contributed by atoms with Crippen LogP contribution >= 0.6 is 0 Å². The first-order chi connectivity index (χ1) is 12.8. The molecule has 1 aliphatic rings. The molecule has 2 heterocycles. The molecule has 0 saturated carbocycles. The molecule has 0 radical (unpaired) electrons. The minimum Gasteiger partial charge on any atom is -0.337 e. The van der Waals surface area contributed by atoms with Crippen LogP contribution in [0, 0.1) is 0 Å². The number of piperidine rings is 1. The summed E-state index contributed by atoms with van der Waals surface area (Å²) in [5.74, 6) is -0.278. The third-order valence-electron chi connectivity index (χ3n) is 5.65. The number of hydrogen-bond acceptors (Lipinski definition) is 4. The summed E-state index contributed by atoms with van der Waals surface area (Å²) in [6.07, 6.45) is 1.02. The van der Waals surface area contributed by atoms with Gasteiger partial charge in [0.15, 0.2) is 0 Å². The van der Waals surface area contributed by atoms with Gasteiger partial charge in [0.05, 0.1) is 5.41 Å². The topological polar surface area (TPSA) is 81.4 Å². The fourth-order valence-corrected chi connectivity index (χ4v) is 3.79. The highest BCUT2D eigenvalue weighted by atomic mass is 16.2. The summed E-state index contributed by atoms with van der Waals surface area (Å²) < 4.78 is 2.15. The predicted octanol–water partition coefficient (Wildman–Crippen LogP) is 0.847. The Kier molecular flexibility index (Phi) is 4.87. The quantitative estimate of drug-likeness (QED) is 0.803. The molecule has 0 spiro atoms. The third kappa shape index (κ3) is 3.13. The summed E-state index contributed by atoms with van der Waals surface area (Å²) in [4.78, 5) is 50.9. The molecule has 2 aromatic rings. The van der Waals surface area contributed by atoms with Crippen molar-refractivity contribution in [1.29, 1.82) is 0 Å². The van der Waals surface area contributed by atoms with Crippen LogP contribution in [0.2, 0.25) is 0 Å². The van der Waals surface area contributed by atoms with E-state index in [1.807, 2.05) is 30.3 Å². The Labute approximate surface area is 156 Å². The van der Waals surface area contributed by atoms with Crippen molar-refractivity contribution in [3.63, 3.8) is 0 Å². The van der Waals surface area contributed by atoms with Gasteiger partial charge in [-0.15, -0.1) is 0 Å². The van der Waals surface area contributed by atoms with Gasteiger partial charge in [0.1, 0.15) is 11.5 Å². The van der Waals surface area contributed by atoms with E-state index in [0.717, 1.165) is 10.1 Å². The molecule has 1 aromatic carbocycles. The average molecular weight is 369 g/mol. The molecular weight excluding hydrogens is 346 g/mol. The molecule has 1 aliphatic heterocycles. The molecule has 3 rings (SSSR count). The molecule has 0 bridgehead atoms. The van der Waals surface area contributed by atoms with E-state index in [0.29, 0.717) is 25.9 Å². The highest BCUT2D eigenvalue weighted by Gasteiger charge is 2.41. The van der Waals surface area contributed by atoms with Crippen LogP contribution in [-0.4, -0.2) is 38.8 Å². The van der Waals surface area contributed by atoms with Crippen LogP contribution in [0.25, 0.3) is 0 Å². The molecule has 1 fully saturated rings. The SMILES string of the molecule is CC(=O)C1(c2ccccc2)CCN(C(=O)c2cc(=O)n(C)c(=O)n2C)CC1. The van der Waals surface area contributed by atoms with Gasteiger partial charge in [-0.25, -0.2) is 4.79 Å². The van der Waals surface area contributed by atoms with E-state index in [9.17, 15) is 19.2 Å². The molecule has 1 aromatic heterocycles. The van der Waals surface area contributed by atoms with E-state index < -0.39 is 16.7 Å². The standard InChI is InChI=1S/C20H23N3O4/c1-14(24)20(15-7-5-4-6-8-15)9-11-23(12-10-20)18(26)16-13-17(25)22(3)19(27)21(16)2/h4-8,13H,9-12H2,1-3H3. The van der Waals surface area contributed by atoms with E-state index in [4.69, 9.17) is 0 Å². The lowest BCUT2D eigenvalue weighted by atomic mass is 9.70. The van der Waals surface area contributed by atoms with Crippen molar-refractivity contribution in [2.24, 2.45) is 14.1 Å². The van der Waals surface area contributed by atoms with Crippen LogP contribution in [0.4, 0.5) is 0 Å². The van der Waals surface area contributed by atoms with Crippen LogP contribution in [0.3, 0.4) is 0 Å². The van der Waals surface area contributed by atoms with Crippen molar-refractivity contribution in [3.8, 4) is 0 Å². The van der Waals surface area contributed by atoms with Gasteiger partial charge in [-0.2, -0.15) is 0 Å². The predicted molar refractivity (Wildman–Crippen MR) is 101 cm³/mol. The molecular formula is C20H23N3O4. The van der Waals surface area contributed by atoms with Crippen LogP contribution in [0.15, 0.2) is 46.0 Å². The molecule has 1 saturated heterocycles. The second-order valence-corrected chi connectivity index (χ2v) is 7.06. The third-order valence-corrected chi connectivity index (χ3v) is 5.65. The fraction of sp³-hybridized carbons (Fsp3) is 0.400. The molecule has 142 valence electrons. The monoisotopic (exact) mass is 369 g/mol. The molecule has 7 nitrogen and oxygen atoms in total. The average Bonchev–Trinajstić information content (AvgIpc) is 2.69. The number of carbonyl (C=O) groups excluding carboxylic acids is 2. The van der Waals surface area contributed by atoms with E-state index in [1.54, 1.807) is 11.8 Å². The highest BCUT2D eigenvalue weighted by Crippen LogP contribution is 2.36. The van der Waals surface area contributed by atoms with Crippen LogP contribution in [0.1, 0.15) is 35.8 Å². The maximum Gasteiger partial charge on any atom is 0.331 e. The first-order valence-electron chi connectivity index (χ1n) is 8.91. The lowest BCUT2D eigenvalue weighted by Crippen LogP contribution is -2.50. The minimum atomic E-state index is -0.600. The summed E-state index contributed by atoms with van der Waals surface area (Å²) in [6, 6.07) is 10.8. The maximum absolute atomic E-state index is 12.9. The van der Waals surface area contributed by atoms with Gasteiger partial charge in [0.2, 0.25) is 0 Å². The minimum absolute atomic E-state index is 0.0677. The summed E-state index contributed by atoms with van der Waals surface area (Å²) in [5, 5.41) is 0. The van der Waals surface area contributed by atoms with Gasteiger partial charge in [-0.05, 0) is 25.3 Å². The Hall–Kier alpha value is -2.96. The van der Waals surface area contributed by atoms with Crippen molar-refractivity contribution in [2.75, 3.05) is 13.1 Å². The first-order valence-corrected chi connectivity index (χ1v) is 8.91. The first kappa shape index (κ1) is 18.8. The van der Waals surface area contributed by atoms with Crippen LogP contribution in [0.5, 0.6) is 0 Å². The lowest BCUT2D eigenvalue weighted by Gasteiger charge is -2.40. The van der Waals surface area contributed by atoms with E-state index in [-0.39, 0.29) is 17.4 Å². The van der Waals surface area contributed by atoms with Gasteiger partial charge in [-0.3, -0.25) is 23.5 Å². The number of rotatable bonds is 3. The van der Waals surface area contributed by atoms with Gasteiger partial charge in [0, 0.05) is 33.3 Å². The number of aromatic nitrogens is 2. The van der Waals surface area contributed by atoms with Crippen molar-refractivity contribution in [1.82, 2.24) is 14.0 Å². The van der Waals surface area contributed by atoms with E-state index >= 15 is 0 Å². The normalized spacial score (nSPS) is 16.2. The summed E-state index contributed by atoms with van der Waals surface area (Å²) >= 11 is 0. The number of Topliss-reactive ketones (excluding diaryl/α,β-unsaturated/α-hetero) is 1. The van der Waals surface area contributed by atoms with Gasteiger partial charge < -0.3 is 4.90 Å². The molecule has 0 atom stereocenters. The number of likely N-dealkylation sites (tertiary alicyclic amines) is 1. The maximum atomic E-state index is 12.9. The zero-order chi connectivity index (χ0) is 19.8.